The zero-order chi connectivity index (χ0) is 19.6. The summed E-state index contributed by atoms with van der Waals surface area (Å²) in [5.41, 5.74) is 6.12. The first-order chi connectivity index (χ1) is 12.8. The van der Waals surface area contributed by atoms with E-state index in [1.165, 1.54) is 10.8 Å². The molecule has 0 atom stereocenters. The predicted molar refractivity (Wildman–Crippen MR) is 117 cm³/mol. The lowest BCUT2D eigenvalue weighted by Crippen LogP contribution is -2.40. The lowest BCUT2D eigenvalue weighted by Gasteiger charge is -2.23. The van der Waals surface area contributed by atoms with Crippen molar-refractivity contribution in [3.63, 3.8) is 0 Å². The lowest BCUT2D eigenvalue weighted by atomic mass is 9.95. The van der Waals surface area contributed by atoms with Crippen LogP contribution in [0.3, 0.4) is 0 Å². The van der Waals surface area contributed by atoms with Gasteiger partial charge in [-0.1, -0.05) is 69.9 Å². The molecule has 0 radical (unpaired) electrons. The number of aromatic nitrogens is 1. The molecule has 2 aromatic carbocycles. The Labute approximate surface area is 163 Å². The minimum atomic E-state index is -1.45. The van der Waals surface area contributed by atoms with Crippen LogP contribution in [0.1, 0.15) is 30.9 Å². The van der Waals surface area contributed by atoms with Crippen LogP contribution in [-0.4, -0.2) is 13.1 Å². The van der Waals surface area contributed by atoms with Crippen LogP contribution in [0.4, 0.5) is 0 Å². The second-order valence-electron chi connectivity index (χ2n) is 8.30. The van der Waals surface area contributed by atoms with Crippen LogP contribution < -0.4 is 5.19 Å². The van der Waals surface area contributed by atoms with Crippen LogP contribution in [0.25, 0.3) is 22.4 Å². The van der Waals surface area contributed by atoms with Crippen molar-refractivity contribution < 1.29 is 0 Å². The van der Waals surface area contributed by atoms with Gasteiger partial charge in [0.15, 0.2) is 0 Å². The molecule has 136 valence electrons. The predicted octanol–water partition coefficient (Wildman–Crippen LogP) is 5.96. The molecular weight excluding hydrogens is 344 g/mol. The molecule has 3 rings (SSSR count). The minimum absolute atomic E-state index is 0.459. The molecule has 0 aliphatic carbocycles. The SMILES string of the molecule is CC(C)c1cc(-c2ccc(C#N)c(-c3ccccc3)c2)ncc1[Si](C)(C)C. The topological polar surface area (TPSA) is 36.7 Å². The van der Waals surface area contributed by atoms with Gasteiger partial charge < -0.3 is 0 Å². The number of pyridine rings is 1. The third-order valence-corrected chi connectivity index (χ3v) is 6.92. The van der Waals surface area contributed by atoms with Crippen LogP contribution in [-0.2, 0) is 0 Å². The Morgan fingerprint density at radius 2 is 1.63 bits per heavy atom. The first-order valence-corrected chi connectivity index (χ1v) is 12.9. The maximum atomic E-state index is 9.52. The number of hydrogen-bond acceptors (Lipinski definition) is 2. The quantitative estimate of drug-likeness (QED) is 0.532. The van der Waals surface area contributed by atoms with E-state index in [1.807, 2.05) is 42.5 Å². The summed E-state index contributed by atoms with van der Waals surface area (Å²) in [6, 6.07) is 20.6. The van der Waals surface area contributed by atoms with E-state index in [1.54, 1.807) is 0 Å². The lowest BCUT2D eigenvalue weighted by molar-refractivity contribution is 0.870. The highest BCUT2D eigenvalue weighted by Gasteiger charge is 2.22. The van der Waals surface area contributed by atoms with Crippen molar-refractivity contribution in [2.75, 3.05) is 0 Å². The van der Waals surface area contributed by atoms with E-state index < -0.39 is 8.07 Å². The second kappa shape index (κ2) is 7.50. The van der Waals surface area contributed by atoms with E-state index in [2.05, 4.69) is 57.9 Å². The largest absolute Gasteiger partial charge is 0.256 e. The van der Waals surface area contributed by atoms with Crippen LogP contribution in [0.5, 0.6) is 0 Å². The number of rotatable bonds is 4. The molecule has 0 aliphatic rings. The van der Waals surface area contributed by atoms with Gasteiger partial charge in [0.05, 0.1) is 25.4 Å². The average molecular weight is 371 g/mol. The summed E-state index contributed by atoms with van der Waals surface area (Å²) in [5.74, 6) is 0.459. The highest BCUT2D eigenvalue weighted by molar-refractivity contribution is 6.89. The zero-order valence-electron chi connectivity index (χ0n) is 16.7. The molecule has 1 aromatic heterocycles. The Morgan fingerprint density at radius 3 is 2.22 bits per heavy atom. The summed E-state index contributed by atoms with van der Waals surface area (Å²) in [7, 11) is -1.45. The molecule has 0 saturated carbocycles. The van der Waals surface area contributed by atoms with Gasteiger partial charge in [0.25, 0.3) is 0 Å². The molecule has 0 spiro atoms. The average Bonchev–Trinajstić information content (AvgIpc) is 2.67. The molecule has 0 unspecified atom stereocenters. The van der Waals surface area contributed by atoms with E-state index in [0.29, 0.717) is 11.5 Å². The van der Waals surface area contributed by atoms with Crippen molar-refractivity contribution in [1.29, 1.82) is 5.26 Å². The van der Waals surface area contributed by atoms with Crippen molar-refractivity contribution in [2.45, 2.75) is 39.4 Å². The fourth-order valence-corrected chi connectivity index (χ4v) is 5.07. The molecule has 3 heteroatoms. The first-order valence-electron chi connectivity index (χ1n) is 9.41. The van der Waals surface area contributed by atoms with E-state index >= 15 is 0 Å². The highest BCUT2D eigenvalue weighted by atomic mass is 28.3. The minimum Gasteiger partial charge on any atom is -0.256 e. The van der Waals surface area contributed by atoms with Crippen LogP contribution in [0, 0.1) is 11.3 Å². The fraction of sp³-hybridized carbons (Fsp3) is 0.250. The van der Waals surface area contributed by atoms with Crippen molar-refractivity contribution >= 4 is 13.3 Å². The summed E-state index contributed by atoms with van der Waals surface area (Å²) < 4.78 is 0. The summed E-state index contributed by atoms with van der Waals surface area (Å²) in [6.07, 6.45) is 2.08. The molecule has 0 amide bonds. The van der Waals surface area contributed by atoms with Gasteiger partial charge in [-0.25, -0.2) is 0 Å². The normalized spacial score (nSPS) is 11.4. The van der Waals surface area contributed by atoms with Crippen molar-refractivity contribution in [1.82, 2.24) is 4.98 Å². The van der Waals surface area contributed by atoms with E-state index in [9.17, 15) is 5.26 Å². The van der Waals surface area contributed by atoms with Gasteiger partial charge in [0, 0.05) is 17.3 Å². The van der Waals surface area contributed by atoms with Crippen LogP contribution in [0.15, 0.2) is 60.8 Å². The molecular formula is C24H26N2Si. The molecule has 1 heterocycles. The van der Waals surface area contributed by atoms with E-state index in [-0.39, 0.29) is 0 Å². The summed E-state index contributed by atoms with van der Waals surface area (Å²) in [4.78, 5) is 4.80. The van der Waals surface area contributed by atoms with Crippen LogP contribution >= 0.6 is 0 Å². The Morgan fingerprint density at radius 1 is 0.926 bits per heavy atom. The maximum Gasteiger partial charge on any atom is 0.0998 e. The summed E-state index contributed by atoms with van der Waals surface area (Å²) >= 11 is 0. The Hall–Kier alpha value is -2.70. The number of nitriles is 1. The number of nitrogens with zero attached hydrogens (tertiary/aromatic N) is 2. The van der Waals surface area contributed by atoms with Gasteiger partial charge in [-0.3, -0.25) is 4.98 Å². The van der Waals surface area contributed by atoms with Gasteiger partial charge in [-0.2, -0.15) is 5.26 Å². The maximum absolute atomic E-state index is 9.52. The van der Waals surface area contributed by atoms with Crippen LogP contribution in [0.2, 0.25) is 19.6 Å². The van der Waals surface area contributed by atoms with Gasteiger partial charge >= 0.3 is 0 Å². The molecule has 0 saturated heterocycles. The highest BCUT2D eigenvalue weighted by Crippen LogP contribution is 2.30. The van der Waals surface area contributed by atoms with Gasteiger partial charge in [-0.05, 0) is 40.4 Å². The zero-order valence-corrected chi connectivity index (χ0v) is 17.7. The fourth-order valence-electron chi connectivity index (χ4n) is 3.39. The van der Waals surface area contributed by atoms with E-state index in [0.717, 1.165) is 22.4 Å². The Bertz CT molecular complexity index is 993. The third kappa shape index (κ3) is 4.02. The summed E-state index contributed by atoms with van der Waals surface area (Å²) in [5, 5.41) is 11.0. The van der Waals surface area contributed by atoms with Gasteiger partial charge in [0.1, 0.15) is 0 Å². The molecule has 0 fully saturated rings. The van der Waals surface area contributed by atoms with Crippen molar-refractivity contribution in [3.05, 3.63) is 71.9 Å². The Balaban J connectivity index is 2.15. The van der Waals surface area contributed by atoms with Crippen molar-refractivity contribution in [3.8, 4) is 28.5 Å². The standard InChI is InChI=1S/C24H26N2Si/c1-17(2)21-14-23(26-16-24(21)27(3,4)5)19-11-12-20(15-25)22(13-19)18-9-7-6-8-10-18/h6-14,16-17H,1-5H3. The molecule has 0 N–H and O–H groups in total. The second-order valence-corrected chi connectivity index (χ2v) is 13.3. The van der Waals surface area contributed by atoms with Gasteiger partial charge in [0.2, 0.25) is 0 Å². The first kappa shape index (κ1) is 19.1. The smallest absolute Gasteiger partial charge is 0.0998 e. The monoisotopic (exact) mass is 370 g/mol. The van der Waals surface area contributed by atoms with Crippen molar-refractivity contribution in [2.24, 2.45) is 0 Å². The Kier molecular flexibility index (Phi) is 5.30. The molecule has 27 heavy (non-hydrogen) atoms. The molecule has 2 nitrogen and oxygen atoms in total. The summed E-state index contributed by atoms with van der Waals surface area (Å²) in [6.45, 7) is 11.6. The number of benzene rings is 2. The third-order valence-electron chi connectivity index (χ3n) is 4.89. The van der Waals surface area contributed by atoms with E-state index in [4.69, 9.17) is 4.98 Å². The molecule has 3 aromatic rings. The number of hydrogen-bond donors (Lipinski definition) is 0. The molecule has 0 bridgehead atoms. The van der Waals surface area contributed by atoms with Gasteiger partial charge in [-0.15, -0.1) is 0 Å². The molecule has 0 aliphatic heterocycles.